The van der Waals surface area contributed by atoms with E-state index < -0.39 is 12.1 Å². The first kappa shape index (κ1) is 54.6. The van der Waals surface area contributed by atoms with Gasteiger partial charge in [0.2, 0.25) is 0 Å². The first-order valence-corrected chi connectivity index (χ1v) is 22.8. The zero-order chi connectivity index (χ0) is 43.0. The number of hydrogen-bond donors (Lipinski definition) is 0. The van der Waals surface area contributed by atoms with E-state index in [0.717, 1.165) is 89.9 Å². The molecule has 0 radical (unpaired) electrons. The molecule has 1 atom stereocenters. The van der Waals surface area contributed by atoms with Crippen molar-refractivity contribution in [2.24, 2.45) is 0 Å². The minimum absolute atomic E-state index is 0.131. The molecule has 0 rings (SSSR count). The molecular formula is C53H80O6. The summed E-state index contributed by atoms with van der Waals surface area (Å²) < 4.78 is 16.6. The van der Waals surface area contributed by atoms with Crippen molar-refractivity contribution < 1.29 is 28.6 Å². The second-order valence-electron chi connectivity index (χ2n) is 14.3. The Hall–Kier alpha value is -4.45. The van der Waals surface area contributed by atoms with Crippen LogP contribution in [0.25, 0.3) is 0 Å². The number of carbonyl (C=O) groups excluding carboxylic acids is 3. The summed E-state index contributed by atoms with van der Waals surface area (Å²) >= 11 is 0. The van der Waals surface area contributed by atoms with E-state index >= 15 is 0 Å². The first-order valence-electron chi connectivity index (χ1n) is 22.8. The molecule has 0 aliphatic rings. The molecule has 6 heteroatoms. The Morgan fingerprint density at radius 2 is 0.712 bits per heavy atom. The second-order valence-corrected chi connectivity index (χ2v) is 14.3. The molecule has 0 bridgehead atoms. The fraction of sp³-hybridized carbons (Fsp3) is 0.528. The predicted molar refractivity (Wildman–Crippen MR) is 251 cm³/mol. The van der Waals surface area contributed by atoms with E-state index in [0.29, 0.717) is 25.7 Å². The van der Waals surface area contributed by atoms with Crippen LogP contribution < -0.4 is 0 Å². The van der Waals surface area contributed by atoms with Crippen LogP contribution >= 0.6 is 0 Å². The largest absolute Gasteiger partial charge is 0.462 e. The van der Waals surface area contributed by atoms with Gasteiger partial charge in [-0.25, -0.2) is 0 Å². The van der Waals surface area contributed by atoms with Crippen LogP contribution in [0.2, 0.25) is 0 Å². The van der Waals surface area contributed by atoms with E-state index in [1.165, 1.54) is 12.8 Å². The normalized spacial score (nSPS) is 13.3. The topological polar surface area (TPSA) is 78.9 Å². The zero-order valence-electron chi connectivity index (χ0n) is 37.2. The maximum absolute atomic E-state index is 12.7. The Bertz CT molecular complexity index is 1350. The van der Waals surface area contributed by atoms with Gasteiger partial charge in [0.25, 0.3) is 0 Å². The van der Waals surface area contributed by atoms with E-state index in [4.69, 9.17) is 14.2 Å². The maximum atomic E-state index is 12.7. The molecule has 0 fully saturated rings. The molecule has 0 saturated heterocycles. The Kier molecular flexibility index (Phi) is 42.8. The van der Waals surface area contributed by atoms with Crippen molar-refractivity contribution in [2.45, 2.75) is 168 Å². The van der Waals surface area contributed by atoms with Gasteiger partial charge in [-0.15, -0.1) is 0 Å². The Labute approximate surface area is 360 Å². The molecule has 0 aliphatic heterocycles. The Morgan fingerprint density at radius 3 is 1.22 bits per heavy atom. The van der Waals surface area contributed by atoms with Gasteiger partial charge in [-0.05, 0) is 96.3 Å². The lowest BCUT2D eigenvalue weighted by molar-refractivity contribution is -0.167. The van der Waals surface area contributed by atoms with Crippen molar-refractivity contribution in [2.75, 3.05) is 13.2 Å². The average Bonchev–Trinajstić information content (AvgIpc) is 3.23. The summed E-state index contributed by atoms with van der Waals surface area (Å²) in [6.45, 7) is 6.11. The van der Waals surface area contributed by atoms with E-state index in [-0.39, 0.29) is 38.0 Å². The molecule has 0 aromatic carbocycles. The van der Waals surface area contributed by atoms with Gasteiger partial charge in [-0.2, -0.15) is 0 Å². The molecule has 1 unspecified atom stereocenters. The van der Waals surface area contributed by atoms with Gasteiger partial charge >= 0.3 is 17.9 Å². The third kappa shape index (κ3) is 44.5. The summed E-state index contributed by atoms with van der Waals surface area (Å²) in [5.41, 5.74) is 0. The number of ether oxygens (including phenoxy) is 3. The lowest BCUT2D eigenvalue weighted by Crippen LogP contribution is -2.30. The molecule has 0 amide bonds. The summed E-state index contributed by atoms with van der Waals surface area (Å²) in [6, 6.07) is 0. The SMILES string of the molecule is CC\C=C/C=C\C=C/C=C\C=C/CCCC(=O)OC(COC(=O)CCCC/C=C\C/C=C\C/C=C\CC)COC(=O)CCCCCCCC/C=C\C/C=C\C/C=C\CC. The number of esters is 3. The number of unbranched alkanes of at least 4 members (excludes halogenated alkanes) is 9. The van der Waals surface area contributed by atoms with E-state index in [1.54, 1.807) is 0 Å². The van der Waals surface area contributed by atoms with Crippen molar-refractivity contribution in [1.82, 2.24) is 0 Å². The molecule has 0 aromatic rings. The van der Waals surface area contributed by atoms with Gasteiger partial charge in [0, 0.05) is 19.3 Å². The van der Waals surface area contributed by atoms with Gasteiger partial charge in [0.15, 0.2) is 6.10 Å². The third-order valence-corrected chi connectivity index (χ3v) is 8.76. The number of carbonyl (C=O) groups is 3. The van der Waals surface area contributed by atoms with E-state index in [1.807, 2.05) is 54.7 Å². The highest BCUT2D eigenvalue weighted by Crippen LogP contribution is 2.11. The van der Waals surface area contributed by atoms with Gasteiger partial charge < -0.3 is 14.2 Å². The fourth-order valence-electron chi connectivity index (χ4n) is 5.44. The smallest absolute Gasteiger partial charge is 0.306 e. The Balaban J connectivity index is 4.59. The minimum atomic E-state index is -0.839. The number of allylic oxidation sites excluding steroid dienone is 22. The van der Waals surface area contributed by atoms with Crippen LogP contribution in [0, 0.1) is 0 Å². The van der Waals surface area contributed by atoms with Gasteiger partial charge in [0.05, 0.1) is 0 Å². The molecule has 0 spiro atoms. The quantitative estimate of drug-likeness (QED) is 0.0203. The summed E-state index contributed by atoms with van der Waals surface area (Å²) in [7, 11) is 0. The molecular weight excluding hydrogens is 733 g/mol. The van der Waals surface area contributed by atoms with Crippen molar-refractivity contribution in [3.63, 3.8) is 0 Å². The Morgan fingerprint density at radius 1 is 0.356 bits per heavy atom. The van der Waals surface area contributed by atoms with Crippen LogP contribution in [-0.4, -0.2) is 37.2 Å². The standard InChI is InChI=1S/C53H80O6/c1-4-7-10-13-16-19-22-25-26-27-29-31-34-37-40-43-46-52(55)58-49-50(48-57-51(54)45-42-39-36-33-30-24-21-18-15-12-9-6-3)59-53(56)47-44-41-38-35-32-28-23-20-17-14-11-8-5-2/h7-12,14,16-21,23,25-26,28,30,32-33,35,38,50H,4-6,13,15,22,24,27,29,31,34,36-37,39-49H2,1-3H3/b10-7-,11-8-,12-9-,17-14-,19-16-,21-18-,23-20-,26-25-,32-28-,33-30-,38-35-. The number of hydrogen-bond acceptors (Lipinski definition) is 6. The van der Waals surface area contributed by atoms with E-state index in [2.05, 4.69) is 99.8 Å². The second kappa shape index (κ2) is 46.2. The fourth-order valence-corrected chi connectivity index (χ4v) is 5.44. The van der Waals surface area contributed by atoms with Crippen molar-refractivity contribution in [3.05, 3.63) is 134 Å². The molecule has 6 nitrogen and oxygen atoms in total. The van der Waals surface area contributed by atoms with Crippen molar-refractivity contribution in [3.8, 4) is 0 Å². The summed E-state index contributed by atoms with van der Waals surface area (Å²) in [5.74, 6) is -1.08. The monoisotopic (exact) mass is 813 g/mol. The van der Waals surface area contributed by atoms with Crippen LogP contribution in [-0.2, 0) is 28.6 Å². The molecule has 59 heavy (non-hydrogen) atoms. The van der Waals surface area contributed by atoms with Crippen molar-refractivity contribution >= 4 is 17.9 Å². The summed E-state index contributed by atoms with van der Waals surface area (Å²) in [5, 5.41) is 0. The highest BCUT2D eigenvalue weighted by molar-refractivity contribution is 5.71. The average molecular weight is 813 g/mol. The van der Waals surface area contributed by atoms with Gasteiger partial charge in [0.1, 0.15) is 13.2 Å². The first-order chi connectivity index (χ1) is 29.0. The van der Waals surface area contributed by atoms with Crippen LogP contribution in [0.3, 0.4) is 0 Å². The molecule has 0 saturated carbocycles. The highest BCUT2D eigenvalue weighted by Gasteiger charge is 2.19. The van der Waals surface area contributed by atoms with Crippen molar-refractivity contribution in [1.29, 1.82) is 0 Å². The lowest BCUT2D eigenvalue weighted by atomic mass is 10.1. The summed E-state index contributed by atoms with van der Waals surface area (Å²) in [6.07, 6.45) is 64.5. The van der Waals surface area contributed by atoms with Crippen LogP contribution in [0.15, 0.2) is 134 Å². The van der Waals surface area contributed by atoms with Crippen LogP contribution in [0.1, 0.15) is 162 Å². The predicted octanol–water partition coefficient (Wildman–Crippen LogP) is 14.7. The van der Waals surface area contributed by atoms with Gasteiger partial charge in [-0.3, -0.25) is 14.4 Å². The molecule has 0 aliphatic carbocycles. The van der Waals surface area contributed by atoms with E-state index in [9.17, 15) is 14.4 Å². The van der Waals surface area contributed by atoms with Crippen LogP contribution in [0.4, 0.5) is 0 Å². The summed E-state index contributed by atoms with van der Waals surface area (Å²) in [4.78, 5) is 37.7. The highest BCUT2D eigenvalue weighted by atomic mass is 16.6. The van der Waals surface area contributed by atoms with Crippen LogP contribution in [0.5, 0.6) is 0 Å². The minimum Gasteiger partial charge on any atom is -0.462 e. The molecule has 0 aromatic heterocycles. The molecule has 0 N–H and O–H groups in total. The molecule has 0 heterocycles. The third-order valence-electron chi connectivity index (χ3n) is 8.76. The zero-order valence-corrected chi connectivity index (χ0v) is 37.2. The number of rotatable bonds is 38. The molecule has 328 valence electrons. The lowest BCUT2D eigenvalue weighted by Gasteiger charge is -2.18. The van der Waals surface area contributed by atoms with Gasteiger partial charge in [-0.1, -0.05) is 180 Å². The maximum Gasteiger partial charge on any atom is 0.306 e.